The van der Waals surface area contributed by atoms with Crippen molar-refractivity contribution in [2.75, 3.05) is 23.5 Å². The number of nitrogens with zero attached hydrogens (tertiary/aromatic N) is 2. The monoisotopic (exact) mass is 551 g/mol. The third-order valence-electron chi connectivity index (χ3n) is 6.58. The Labute approximate surface area is 219 Å². The Kier molecular flexibility index (Phi) is 6.84. The Balaban J connectivity index is 1.83. The molecule has 0 bridgehead atoms. The Morgan fingerprint density at radius 1 is 1.08 bits per heavy atom. The molecule has 0 saturated carbocycles. The first-order chi connectivity index (χ1) is 17.0. The number of barbiturate groups is 1. The van der Waals surface area contributed by atoms with Crippen LogP contribution >= 0.6 is 15.9 Å². The van der Waals surface area contributed by atoms with E-state index in [1.807, 2.05) is 12.1 Å². The van der Waals surface area contributed by atoms with Crippen molar-refractivity contribution in [1.82, 2.24) is 5.32 Å². The van der Waals surface area contributed by atoms with Crippen LogP contribution in [-0.2, 0) is 9.59 Å². The number of anilines is 2. The fraction of sp³-hybridized carbons (Fsp3) is 0.321. The van der Waals surface area contributed by atoms with Gasteiger partial charge in [-0.15, -0.1) is 0 Å². The second-order valence-electron chi connectivity index (χ2n) is 9.63. The van der Waals surface area contributed by atoms with Gasteiger partial charge in [-0.05, 0) is 75.6 Å². The Morgan fingerprint density at radius 3 is 2.44 bits per heavy atom. The van der Waals surface area contributed by atoms with Gasteiger partial charge >= 0.3 is 6.03 Å². The molecule has 2 aromatic rings. The number of ether oxygens (including phenoxy) is 1. The molecule has 7 nitrogen and oxygen atoms in total. The summed E-state index contributed by atoms with van der Waals surface area (Å²) in [5.41, 5.74) is 4.56. The number of urea groups is 1. The molecule has 2 heterocycles. The third-order valence-corrected chi connectivity index (χ3v) is 7.07. The second-order valence-corrected chi connectivity index (χ2v) is 10.5. The molecule has 0 unspecified atom stereocenters. The van der Waals surface area contributed by atoms with E-state index >= 15 is 0 Å². The molecule has 0 aliphatic carbocycles. The molecule has 2 aliphatic rings. The summed E-state index contributed by atoms with van der Waals surface area (Å²) in [6, 6.07) is 8.34. The lowest BCUT2D eigenvalue weighted by Gasteiger charge is -2.43. The number of halogens is 1. The lowest BCUT2D eigenvalue weighted by molar-refractivity contribution is -0.122. The fourth-order valence-corrected chi connectivity index (χ4v) is 5.42. The van der Waals surface area contributed by atoms with E-state index in [0.717, 1.165) is 39.2 Å². The molecule has 1 N–H and O–H groups in total. The van der Waals surface area contributed by atoms with Crippen LogP contribution in [0.25, 0.3) is 11.6 Å². The molecule has 36 heavy (non-hydrogen) atoms. The number of hydrogen-bond donors (Lipinski definition) is 1. The number of aryl methyl sites for hydroxylation is 1. The Morgan fingerprint density at radius 2 is 1.81 bits per heavy atom. The molecule has 4 rings (SSSR count). The summed E-state index contributed by atoms with van der Waals surface area (Å²) in [6.07, 6.45) is 4.71. The van der Waals surface area contributed by atoms with Gasteiger partial charge in [-0.1, -0.05) is 28.9 Å². The molecule has 4 amide bonds. The summed E-state index contributed by atoms with van der Waals surface area (Å²) in [5, 5.41) is 2.30. The van der Waals surface area contributed by atoms with Gasteiger partial charge in [-0.25, -0.2) is 9.69 Å². The zero-order valence-electron chi connectivity index (χ0n) is 21.4. The van der Waals surface area contributed by atoms with Crippen LogP contribution in [0.15, 0.2) is 46.5 Å². The zero-order chi connectivity index (χ0) is 26.4. The highest BCUT2D eigenvalue weighted by Gasteiger charge is 2.38. The lowest BCUT2D eigenvalue weighted by Crippen LogP contribution is -2.54. The summed E-state index contributed by atoms with van der Waals surface area (Å²) in [6.45, 7) is 11.2. The van der Waals surface area contributed by atoms with Crippen LogP contribution in [0.3, 0.4) is 0 Å². The van der Waals surface area contributed by atoms with E-state index < -0.39 is 17.8 Å². The maximum absolute atomic E-state index is 13.5. The molecule has 0 aromatic heterocycles. The number of imide groups is 2. The number of nitrogens with one attached hydrogen (secondary N) is 1. The zero-order valence-corrected chi connectivity index (χ0v) is 22.9. The first kappa shape index (κ1) is 25.7. The molecule has 0 atom stereocenters. The molecule has 2 aromatic carbocycles. The van der Waals surface area contributed by atoms with E-state index in [4.69, 9.17) is 4.74 Å². The van der Waals surface area contributed by atoms with Crippen molar-refractivity contribution in [3.63, 3.8) is 0 Å². The fourth-order valence-electron chi connectivity index (χ4n) is 4.94. The average molecular weight is 552 g/mol. The highest BCUT2D eigenvalue weighted by Crippen LogP contribution is 2.43. The molecular formula is C28H30BrN3O4. The highest BCUT2D eigenvalue weighted by molar-refractivity contribution is 9.10. The van der Waals surface area contributed by atoms with Gasteiger partial charge in [0.25, 0.3) is 11.8 Å². The van der Waals surface area contributed by atoms with E-state index in [0.29, 0.717) is 22.6 Å². The molecule has 2 aliphatic heterocycles. The largest absolute Gasteiger partial charge is 0.496 e. The van der Waals surface area contributed by atoms with Gasteiger partial charge in [0.1, 0.15) is 11.3 Å². The topological polar surface area (TPSA) is 79.0 Å². The molecule has 188 valence electrons. The van der Waals surface area contributed by atoms with E-state index in [2.05, 4.69) is 59.9 Å². The Bertz CT molecular complexity index is 1340. The molecule has 0 radical (unpaired) electrons. The summed E-state index contributed by atoms with van der Waals surface area (Å²) < 4.78 is 6.52. The lowest BCUT2D eigenvalue weighted by atomic mass is 9.87. The van der Waals surface area contributed by atoms with Gasteiger partial charge in [-0.2, -0.15) is 0 Å². The van der Waals surface area contributed by atoms with Gasteiger partial charge in [0, 0.05) is 33.9 Å². The number of hydrogen-bond acceptors (Lipinski definition) is 5. The van der Waals surface area contributed by atoms with E-state index in [-0.39, 0.29) is 11.1 Å². The molecule has 1 saturated heterocycles. The van der Waals surface area contributed by atoms with E-state index in [1.165, 1.54) is 6.08 Å². The maximum Gasteiger partial charge on any atom is 0.335 e. The average Bonchev–Trinajstić information content (AvgIpc) is 2.80. The Hall–Kier alpha value is -3.39. The number of benzene rings is 2. The van der Waals surface area contributed by atoms with Crippen molar-refractivity contribution in [2.45, 2.75) is 46.6 Å². The highest BCUT2D eigenvalue weighted by atomic mass is 79.9. The summed E-state index contributed by atoms with van der Waals surface area (Å²) in [4.78, 5) is 42.3. The van der Waals surface area contributed by atoms with Crippen molar-refractivity contribution < 1.29 is 19.1 Å². The van der Waals surface area contributed by atoms with Crippen LogP contribution < -0.4 is 19.9 Å². The van der Waals surface area contributed by atoms with E-state index in [1.54, 1.807) is 32.2 Å². The smallest absolute Gasteiger partial charge is 0.335 e. The van der Waals surface area contributed by atoms with Crippen LogP contribution in [-0.4, -0.2) is 37.0 Å². The van der Waals surface area contributed by atoms with Crippen molar-refractivity contribution in [3.05, 3.63) is 63.1 Å². The molecular weight excluding hydrogens is 522 g/mol. The summed E-state index contributed by atoms with van der Waals surface area (Å²) in [7, 11) is 1.56. The van der Waals surface area contributed by atoms with Gasteiger partial charge in [0.2, 0.25) is 0 Å². The van der Waals surface area contributed by atoms with Crippen LogP contribution in [0.4, 0.5) is 16.2 Å². The minimum Gasteiger partial charge on any atom is -0.496 e. The predicted molar refractivity (Wildman–Crippen MR) is 146 cm³/mol. The number of carbonyl (C=O) groups excluding carboxylic acids is 3. The van der Waals surface area contributed by atoms with Gasteiger partial charge in [-0.3, -0.25) is 14.9 Å². The van der Waals surface area contributed by atoms with Gasteiger partial charge in [0.15, 0.2) is 0 Å². The first-order valence-electron chi connectivity index (χ1n) is 11.9. The van der Waals surface area contributed by atoms with Gasteiger partial charge in [0.05, 0.1) is 18.3 Å². The number of methoxy groups -OCH3 is 1. The predicted octanol–water partition coefficient (Wildman–Crippen LogP) is 5.84. The number of carbonyl (C=O) groups is 3. The van der Waals surface area contributed by atoms with Crippen molar-refractivity contribution in [3.8, 4) is 5.75 Å². The number of fused-ring (bicyclic) bond motifs is 1. The standard InChI is InChI=1S/C28H30BrN3O4/c1-7-10-31-23-14-24(36-6)18(12-20(23)17(3)15-28(31,4)5)13-21-25(33)30-27(35)32(26(21)34)22-9-8-19(29)11-16(22)2/h8-9,11-15H,7,10H2,1-6H3,(H,30,33,35)/b21-13-. The number of rotatable bonds is 5. The third kappa shape index (κ3) is 4.46. The minimum atomic E-state index is -0.777. The minimum absolute atomic E-state index is 0.140. The van der Waals surface area contributed by atoms with Crippen molar-refractivity contribution in [2.24, 2.45) is 0 Å². The van der Waals surface area contributed by atoms with Crippen LogP contribution in [0.5, 0.6) is 5.75 Å². The second kappa shape index (κ2) is 9.58. The summed E-state index contributed by atoms with van der Waals surface area (Å²) in [5.74, 6) is -0.886. The molecule has 0 spiro atoms. The summed E-state index contributed by atoms with van der Waals surface area (Å²) >= 11 is 3.40. The number of amides is 4. The van der Waals surface area contributed by atoms with Gasteiger partial charge < -0.3 is 9.64 Å². The molecule has 8 heteroatoms. The van der Waals surface area contributed by atoms with E-state index in [9.17, 15) is 14.4 Å². The quantitative estimate of drug-likeness (QED) is 0.372. The van der Waals surface area contributed by atoms with Crippen LogP contribution in [0.1, 0.15) is 50.8 Å². The van der Waals surface area contributed by atoms with Crippen LogP contribution in [0.2, 0.25) is 0 Å². The number of allylic oxidation sites excluding steroid dienone is 1. The molecule has 1 fully saturated rings. The maximum atomic E-state index is 13.5. The SMILES string of the molecule is CCCN1c2cc(OC)c(/C=C3/C(=O)NC(=O)N(c4ccc(Br)cc4C)C3=O)cc2C(C)=CC1(C)C. The normalized spacial score (nSPS) is 18.2. The van der Waals surface area contributed by atoms with Crippen molar-refractivity contribution >= 4 is 56.8 Å². The first-order valence-corrected chi connectivity index (χ1v) is 12.6. The van der Waals surface area contributed by atoms with Crippen molar-refractivity contribution in [1.29, 1.82) is 0 Å². The van der Waals surface area contributed by atoms with Crippen LogP contribution in [0, 0.1) is 6.92 Å².